The number of piperidine rings is 1. The fourth-order valence-corrected chi connectivity index (χ4v) is 1.96. The highest BCUT2D eigenvalue weighted by Crippen LogP contribution is 2.28. The molecule has 5 heteroatoms. The monoisotopic (exact) mass is 223 g/mol. The van der Waals surface area contributed by atoms with Gasteiger partial charge in [-0.05, 0) is 25.7 Å². The minimum atomic E-state index is -4.73. The lowest BCUT2D eigenvalue weighted by Gasteiger charge is -2.38. The van der Waals surface area contributed by atoms with Crippen molar-refractivity contribution in [2.45, 2.75) is 45.3 Å². The minimum Gasteiger partial charge on any atom is -0.332 e. The average molecular weight is 223 g/mol. The Labute approximate surface area is 87.4 Å². The predicted octanol–water partition coefficient (Wildman–Crippen LogP) is 2.59. The van der Waals surface area contributed by atoms with Gasteiger partial charge in [-0.15, -0.1) is 0 Å². The fraction of sp³-hybridized carbons (Fsp3) is 0.900. The number of hydrogen-bond acceptors (Lipinski definition) is 1. The Morgan fingerprint density at radius 3 is 2.47 bits per heavy atom. The van der Waals surface area contributed by atoms with Crippen molar-refractivity contribution in [2.24, 2.45) is 5.92 Å². The number of alkyl halides is 3. The third-order valence-corrected chi connectivity index (χ3v) is 3.06. The van der Waals surface area contributed by atoms with Gasteiger partial charge in [0, 0.05) is 12.6 Å². The van der Waals surface area contributed by atoms with Crippen molar-refractivity contribution in [1.82, 2.24) is 4.90 Å². The van der Waals surface area contributed by atoms with Crippen LogP contribution >= 0.6 is 0 Å². The molecule has 88 valence electrons. The molecule has 1 amide bonds. The molecular weight excluding hydrogens is 207 g/mol. The zero-order chi connectivity index (χ0) is 11.6. The number of carbonyl (C=O) groups is 1. The summed E-state index contributed by atoms with van der Waals surface area (Å²) in [7, 11) is 0. The van der Waals surface area contributed by atoms with Crippen molar-refractivity contribution >= 4 is 5.91 Å². The molecule has 1 heterocycles. The van der Waals surface area contributed by atoms with Gasteiger partial charge >= 0.3 is 12.1 Å². The van der Waals surface area contributed by atoms with Crippen LogP contribution in [0.15, 0.2) is 0 Å². The first-order chi connectivity index (χ1) is 6.86. The Kier molecular flexibility index (Phi) is 3.62. The summed E-state index contributed by atoms with van der Waals surface area (Å²) in [6.07, 6.45) is -2.32. The maximum Gasteiger partial charge on any atom is 0.471 e. The zero-order valence-corrected chi connectivity index (χ0v) is 8.97. The molecule has 1 saturated heterocycles. The first-order valence-corrected chi connectivity index (χ1v) is 5.24. The van der Waals surface area contributed by atoms with Crippen molar-refractivity contribution in [3.8, 4) is 0 Å². The van der Waals surface area contributed by atoms with Crippen LogP contribution in [0.1, 0.15) is 33.1 Å². The Bertz CT molecular complexity index is 239. The Hall–Kier alpha value is -0.740. The van der Waals surface area contributed by atoms with E-state index in [-0.39, 0.29) is 18.5 Å². The SMILES string of the molecule is CCC1CCC(C)N(C(=O)C(F)(F)F)C1. The van der Waals surface area contributed by atoms with Crippen LogP contribution in [-0.2, 0) is 4.79 Å². The molecule has 0 aromatic carbocycles. The van der Waals surface area contributed by atoms with Gasteiger partial charge in [-0.25, -0.2) is 0 Å². The van der Waals surface area contributed by atoms with Gasteiger partial charge < -0.3 is 4.90 Å². The first kappa shape index (κ1) is 12.3. The van der Waals surface area contributed by atoms with Crippen LogP contribution < -0.4 is 0 Å². The molecule has 1 aliphatic rings. The van der Waals surface area contributed by atoms with Gasteiger partial charge in [0.05, 0.1) is 0 Å². The van der Waals surface area contributed by atoms with E-state index in [0.29, 0.717) is 6.42 Å². The second-order valence-corrected chi connectivity index (χ2v) is 4.16. The third kappa shape index (κ3) is 2.86. The van der Waals surface area contributed by atoms with Gasteiger partial charge in [0.2, 0.25) is 0 Å². The summed E-state index contributed by atoms with van der Waals surface area (Å²) in [5, 5.41) is 0. The predicted molar refractivity (Wildman–Crippen MR) is 50.2 cm³/mol. The van der Waals surface area contributed by atoms with Crippen LogP contribution in [0.5, 0.6) is 0 Å². The normalized spacial score (nSPS) is 27.9. The zero-order valence-electron chi connectivity index (χ0n) is 8.97. The molecule has 2 atom stereocenters. The highest BCUT2D eigenvalue weighted by molar-refractivity contribution is 5.82. The number of halogens is 3. The van der Waals surface area contributed by atoms with Gasteiger partial charge in [0.25, 0.3) is 0 Å². The van der Waals surface area contributed by atoms with Crippen LogP contribution in [0.2, 0.25) is 0 Å². The number of hydrogen-bond donors (Lipinski definition) is 0. The van der Waals surface area contributed by atoms with E-state index < -0.39 is 12.1 Å². The molecule has 1 fully saturated rings. The smallest absolute Gasteiger partial charge is 0.332 e. The summed E-state index contributed by atoms with van der Waals surface area (Å²) >= 11 is 0. The number of likely N-dealkylation sites (tertiary alicyclic amines) is 1. The Balaban J connectivity index is 2.70. The van der Waals surface area contributed by atoms with Crippen molar-refractivity contribution in [1.29, 1.82) is 0 Å². The quantitative estimate of drug-likeness (QED) is 0.669. The molecule has 2 nitrogen and oxygen atoms in total. The number of nitrogens with zero attached hydrogens (tertiary/aromatic N) is 1. The van der Waals surface area contributed by atoms with Crippen molar-refractivity contribution < 1.29 is 18.0 Å². The van der Waals surface area contributed by atoms with E-state index in [1.54, 1.807) is 6.92 Å². The lowest BCUT2D eigenvalue weighted by atomic mass is 9.91. The Morgan fingerprint density at radius 2 is 2.00 bits per heavy atom. The molecule has 0 radical (unpaired) electrons. The van der Waals surface area contributed by atoms with Crippen LogP contribution in [0, 0.1) is 5.92 Å². The van der Waals surface area contributed by atoms with Gasteiger partial charge in [0.15, 0.2) is 0 Å². The van der Waals surface area contributed by atoms with Gasteiger partial charge in [-0.1, -0.05) is 13.3 Å². The highest BCUT2D eigenvalue weighted by atomic mass is 19.4. The molecule has 0 aromatic rings. The largest absolute Gasteiger partial charge is 0.471 e. The van der Waals surface area contributed by atoms with Crippen LogP contribution in [0.3, 0.4) is 0 Å². The van der Waals surface area contributed by atoms with Crippen molar-refractivity contribution in [2.75, 3.05) is 6.54 Å². The molecule has 0 spiro atoms. The molecular formula is C10H16F3NO. The van der Waals surface area contributed by atoms with Gasteiger partial charge in [-0.3, -0.25) is 4.79 Å². The van der Waals surface area contributed by atoms with Crippen LogP contribution in [-0.4, -0.2) is 29.6 Å². The lowest BCUT2D eigenvalue weighted by molar-refractivity contribution is -0.189. The second kappa shape index (κ2) is 4.41. The first-order valence-electron chi connectivity index (χ1n) is 5.24. The van der Waals surface area contributed by atoms with E-state index >= 15 is 0 Å². The van der Waals surface area contributed by atoms with Crippen LogP contribution in [0.4, 0.5) is 13.2 Å². The van der Waals surface area contributed by atoms with E-state index in [4.69, 9.17) is 0 Å². The summed E-state index contributed by atoms with van der Waals surface area (Å²) in [4.78, 5) is 12.1. The molecule has 15 heavy (non-hydrogen) atoms. The molecule has 0 bridgehead atoms. The van der Waals surface area contributed by atoms with Crippen molar-refractivity contribution in [3.63, 3.8) is 0 Å². The highest BCUT2D eigenvalue weighted by Gasteiger charge is 2.45. The van der Waals surface area contributed by atoms with E-state index in [2.05, 4.69) is 0 Å². The molecule has 0 N–H and O–H groups in total. The second-order valence-electron chi connectivity index (χ2n) is 4.16. The molecule has 1 rings (SSSR count). The molecule has 0 saturated carbocycles. The Morgan fingerprint density at radius 1 is 1.40 bits per heavy atom. The summed E-state index contributed by atoms with van der Waals surface area (Å²) in [5.41, 5.74) is 0. The molecule has 0 aliphatic carbocycles. The lowest BCUT2D eigenvalue weighted by Crippen LogP contribution is -2.50. The summed E-state index contributed by atoms with van der Waals surface area (Å²) < 4.78 is 36.7. The molecule has 2 unspecified atom stereocenters. The summed E-state index contributed by atoms with van der Waals surface area (Å²) in [6.45, 7) is 3.86. The van der Waals surface area contributed by atoms with E-state index in [0.717, 1.165) is 17.7 Å². The third-order valence-electron chi connectivity index (χ3n) is 3.06. The topological polar surface area (TPSA) is 20.3 Å². The van der Waals surface area contributed by atoms with Crippen LogP contribution in [0.25, 0.3) is 0 Å². The fourth-order valence-electron chi connectivity index (χ4n) is 1.96. The minimum absolute atomic E-state index is 0.215. The standard InChI is InChI=1S/C10H16F3NO/c1-3-8-5-4-7(2)14(6-8)9(15)10(11,12)13/h7-8H,3-6H2,1-2H3. The maximum atomic E-state index is 12.2. The molecule has 0 aromatic heterocycles. The number of rotatable bonds is 1. The molecule has 1 aliphatic heterocycles. The van der Waals surface area contributed by atoms with E-state index in [9.17, 15) is 18.0 Å². The van der Waals surface area contributed by atoms with E-state index in [1.807, 2.05) is 6.92 Å². The average Bonchev–Trinajstić information content (AvgIpc) is 2.16. The summed E-state index contributed by atoms with van der Waals surface area (Å²) in [6, 6.07) is -0.290. The van der Waals surface area contributed by atoms with E-state index in [1.165, 1.54) is 0 Å². The maximum absolute atomic E-state index is 12.2. The summed E-state index contributed by atoms with van der Waals surface area (Å²) in [5.74, 6) is -1.47. The van der Waals surface area contributed by atoms with Gasteiger partial charge in [0.1, 0.15) is 0 Å². The number of amides is 1. The van der Waals surface area contributed by atoms with Crippen molar-refractivity contribution in [3.05, 3.63) is 0 Å². The number of carbonyl (C=O) groups excluding carboxylic acids is 1. The van der Waals surface area contributed by atoms with Gasteiger partial charge in [-0.2, -0.15) is 13.2 Å².